The van der Waals surface area contributed by atoms with Crippen molar-refractivity contribution in [3.05, 3.63) is 66.6 Å². The molecule has 2 aromatic carbocycles. The fraction of sp³-hybridized carbons (Fsp3) is 0.407. The molecule has 208 valence electrons. The van der Waals surface area contributed by atoms with Gasteiger partial charge in [-0.2, -0.15) is 9.29 Å². The predicted molar refractivity (Wildman–Crippen MR) is 153 cm³/mol. The molecular weight excluding hydrogens is 539 g/mol. The third-order valence-corrected chi connectivity index (χ3v) is 9.29. The summed E-state index contributed by atoms with van der Waals surface area (Å²) < 4.78 is 48.0. The Kier molecular flexibility index (Phi) is 8.98. The Balaban J connectivity index is 1.28. The van der Waals surface area contributed by atoms with Crippen LogP contribution < -0.4 is 10.6 Å². The van der Waals surface area contributed by atoms with Crippen molar-refractivity contribution in [1.82, 2.24) is 19.2 Å². The zero-order valence-corrected chi connectivity index (χ0v) is 23.3. The van der Waals surface area contributed by atoms with Crippen LogP contribution >= 0.6 is 12.6 Å². The second kappa shape index (κ2) is 12.6. The largest absolute Gasteiger partial charge is 0.368 e. The maximum Gasteiger partial charge on any atom is 0.243 e. The fourth-order valence-electron chi connectivity index (χ4n) is 4.91. The van der Waals surface area contributed by atoms with E-state index in [2.05, 4.69) is 38.1 Å². The molecule has 5 rings (SSSR count). The molecule has 3 aromatic rings. The number of thiol groups is 1. The standard InChI is InChI=1S/C27H33FN6O3S2/c28-20-3-5-21(6-4-20)30-25-11-13-29-27(32-25)31-22-7-9-24(10-8-22)39(35,36)34(17-16-33-14-1-2-15-33)23-12-18-37-26(38)19-23/h3-11,13,23,26,38H,1-2,12,14-19H2,(H2,29,30,31,32). The summed E-state index contributed by atoms with van der Waals surface area (Å²) in [5.41, 5.74) is 1.07. The van der Waals surface area contributed by atoms with E-state index in [0.717, 1.165) is 25.9 Å². The molecule has 39 heavy (non-hydrogen) atoms. The Morgan fingerprint density at radius 2 is 1.72 bits per heavy atom. The maximum absolute atomic E-state index is 13.8. The normalized spacial score (nSPS) is 20.3. The Morgan fingerprint density at radius 1 is 1.03 bits per heavy atom. The molecule has 2 saturated heterocycles. The number of benzene rings is 2. The molecule has 9 nitrogen and oxygen atoms in total. The lowest BCUT2D eigenvalue weighted by molar-refractivity contribution is 0.0376. The summed E-state index contributed by atoms with van der Waals surface area (Å²) in [4.78, 5) is 11.3. The number of hydrogen-bond donors (Lipinski definition) is 3. The van der Waals surface area contributed by atoms with Gasteiger partial charge in [-0.15, -0.1) is 12.6 Å². The van der Waals surface area contributed by atoms with Crippen LogP contribution in [0.15, 0.2) is 65.7 Å². The highest BCUT2D eigenvalue weighted by molar-refractivity contribution is 7.89. The minimum absolute atomic E-state index is 0.156. The fourth-order valence-corrected chi connectivity index (χ4v) is 6.92. The highest BCUT2D eigenvalue weighted by atomic mass is 32.2. The molecule has 0 radical (unpaired) electrons. The summed E-state index contributed by atoms with van der Waals surface area (Å²) in [6.07, 6.45) is 5.12. The number of anilines is 4. The van der Waals surface area contributed by atoms with Crippen LogP contribution in [0.25, 0.3) is 0 Å². The lowest BCUT2D eigenvalue weighted by Gasteiger charge is -2.36. The van der Waals surface area contributed by atoms with Gasteiger partial charge in [0.05, 0.1) is 4.90 Å². The lowest BCUT2D eigenvalue weighted by atomic mass is 10.1. The first-order valence-electron chi connectivity index (χ1n) is 13.1. The van der Waals surface area contributed by atoms with Crippen molar-refractivity contribution in [2.75, 3.05) is 43.4 Å². The van der Waals surface area contributed by atoms with E-state index in [4.69, 9.17) is 4.74 Å². The molecule has 1 aromatic heterocycles. The molecule has 0 saturated carbocycles. The minimum Gasteiger partial charge on any atom is -0.368 e. The van der Waals surface area contributed by atoms with Crippen molar-refractivity contribution in [2.45, 2.75) is 42.1 Å². The first kappa shape index (κ1) is 27.8. The highest BCUT2D eigenvalue weighted by Gasteiger charge is 2.35. The van der Waals surface area contributed by atoms with E-state index in [9.17, 15) is 12.8 Å². The molecular formula is C27H33FN6O3S2. The smallest absolute Gasteiger partial charge is 0.243 e. The van der Waals surface area contributed by atoms with Gasteiger partial charge >= 0.3 is 0 Å². The topological polar surface area (TPSA) is 99.7 Å². The molecule has 2 atom stereocenters. The molecule has 0 spiro atoms. The molecule has 0 bridgehead atoms. The van der Waals surface area contributed by atoms with Gasteiger partial charge in [-0.05, 0) is 93.4 Å². The van der Waals surface area contributed by atoms with Crippen LogP contribution in [-0.4, -0.2) is 71.9 Å². The van der Waals surface area contributed by atoms with Crippen molar-refractivity contribution in [1.29, 1.82) is 0 Å². The molecule has 0 aliphatic carbocycles. The summed E-state index contributed by atoms with van der Waals surface area (Å²) >= 11 is 4.46. The first-order chi connectivity index (χ1) is 18.9. The highest BCUT2D eigenvalue weighted by Crippen LogP contribution is 2.28. The van der Waals surface area contributed by atoms with E-state index in [0.29, 0.717) is 55.7 Å². The Labute approximate surface area is 234 Å². The summed E-state index contributed by atoms with van der Waals surface area (Å²) in [5, 5.41) is 6.22. The van der Waals surface area contributed by atoms with Gasteiger partial charge in [-0.1, -0.05) is 0 Å². The monoisotopic (exact) mass is 572 g/mol. The van der Waals surface area contributed by atoms with E-state index in [1.807, 2.05) is 0 Å². The van der Waals surface area contributed by atoms with Crippen LogP contribution in [0.2, 0.25) is 0 Å². The number of rotatable bonds is 10. The van der Waals surface area contributed by atoms with Crippen molar-refractivity contribution in [2.24, 2.45) is 0 Å². The van der Waals surface area contributed by atoms with Gasteiger partial charge in [0.2, 0.25) is 16.0 Å². The van der Waals surface area contributed by atoms with Crippen molar-refractivity contribution >= 4 is 45.8 Å². The zero-order chi connectivity index (χ0) is 27.2. The number of sulfonamides is 1. The summed E-state index contributed by atoms with van der Waals surface area (Å²) in [7, 11) is -3.73. The molecule has 2 N–H and O–H groups in total. The molecule has 2 aliphatic rings. The predicted octanol–water partition coefficient (Wildman–Crippen LogP) is 4.62. The van der Waals surface area contributed by atoms with E-state index in [-0.39, 0.29) is 22.2 Å². The van der Waals surface area contributed by atoms with Crippen LogP contribution in [0.1, 0.15) is 25.7 Å². The molecule has 12 heteroatoms. The lowest BCUT2D eigenvalue weighted by Crippen LogP contribution is -2.47. The number of nitrogens with zero attached hydrogens (tertiary/aromatic N) is 4. The van der Waals surface area contributed by atoms with Gasteiger partial charge < -0.3 is 20.3 Å². The molecule has 0 amide bonds. The SMILES string of the molecule is O=S(=O)(c1ccc(Nc2nccc(Nc3ccc(F)cc3)n2)cc1)N(CCN1CCCC1)C1CCOC(S)C1. The second-order valence-corrected chi connectivity index (χ2v) is 12.2. The maximum atomic E-state index is 13.8. The molecule has 2 unspecified atom stereocenters. The number of aromatic nitrogens is 2. The van der Waals surface area contributed by atoms with Crippen molar-refractivity contribution in [3.8, 4) is 0 Å². The van der Waals surface area contributed by atoms with Gasteiger partial charge in [0.25, 0.3) is 0 Å². The average Bonchev–Trinajstić information content (AvgIpc) is 3.44. The summed E-state index contributed by atoms with van der Waals surface area (Å²) in [6, 6.07) is 14.2. The Hall–Kier alpha value is -2.77. The first-order valence-corrected chi connectivity index (χ1v) is 15.1. The third kappa shape index (κ3) is 7.25. The van der Waals surface area contributed by atoms with Crippen LogP contribution in [0.3, 0.4) is 0 Å². The number of ether oxygens (including phenoxy) is 1. The number of nitrogens with one attached hydrogen (secondary N) is 2. The number of hydrogen-bond acceptors (Lipinski definition) is 9. The van der Waals surface area contributed by atoms with E-state index in [1.165, 1.54) is 12.1 Å². The van der Waals surface area contributed by atoms with E-state index < -0.39 is 10.0 Å². The summed E-state index contributed by atoms with van der Waals surface area (Å²) in [6.45, 7) is 3.68. The summed E-state index contributed by atoms with van der Waals surface area (Å²) in [5.74, 6) is 0.558. The number of likely N-dealkylation sites (tertiary alicyclic amines) is 1. The molecule has 2 fully saturated rings. The van der Waals surface area contributed by atoms with E-state index in [1.54, 1.807) is 53.0 Å². The quantitative estimate of drug-likeness (QED) is 0.303. The number of halogens is 1. The van der Waals surface area contributed by atoms with Crippen LogP contribution in [0.4, 0.5) is 27.5 Å². The van der Waals surface area contributed by atoms with Gasteiger partial charge in [0, 0.05) is 43.3 Å². The van der Waals surface area contributed by atoms with Gasteiger partial charge in [-0.25, -0.2) is 17.8 Å². The second-order valence-electron chi connectivity index (χ2n) is 9.71. The van der Waals surface area contributed by atoms with Crippen molar-refractivity contribution < 1.29 is 17.5 Å². The Bertz CT molecular complexity index is 1340. The van der Waals surface area contributed by atoms with Crippen molar-refractivity contribution in [3.63, 3.8) is 0 Å². The van der Waals surface area contributed by atoms with Gasteiger partial charge in [-0.3, -0.25) is 0 Å². The third-order valence-electron chi connectivity index (χ3n) is 6.97. The Morgan fingerprint density at radius 3 is 2.44 bits per heavy atom. The average molecular weight is 573 g/mol. The van der Waals surface area contributed by atoms with Crippen LogP contribution in [0.5, 0.6) is 0 Å². The zero-order valence-electron chi connectivity index (χ0n) is 21.5. The van der Waals surface area contributed by atoms with E-state index >= 15 is 0 Å². The van der Waals surface area contributed by atoms with Crippen LogP contribution in [-0.2, 0) is 14.8 Å². The minimum atomic E-state index is -3.73. The molecule has 3 heterocycles. The van der Waals surface area contributed by atoms with Gasteiger partial charge in [0.1, 0.15) is 17.1 Å². The van der Waals surface area contributed by atoms with Crippen LogP contribution in [0, 0.1) is 5.82 Å². The van der Waals surface area contributed by atoms with Gasteiger partial charge in [0.15, 0.2) is 0 Å². The molecule has 2 aliphatic heterocycles.